The van der Waals surface area contributed by atoms with Crippen molar-refractivity contribution in [1.82, 2.24) is 14.0 Å². The molecule has 0 spiro atoms. The third kappa shape index (κ3) is 3.84. The summed E-state index contributed by atoms with van der Waals surface area (Å²) in [5.74, 6) is 0.858. The van der Waals surface area contributed by atoms with Gasteiger partial charge in [-0.15, -0.1) is 0 Å². The minimum Gasteiger partial charge on any atom is -0.282 e. The summed E-state index contributed by atoms with van der Waals surface area (Å²) in [7, 11) is 0. The molecule has 6 aromatic rings. The maximum Gasteiger partial charge on any atom is 0.220 e. The average molecular weight is 486 g/mol. The van der Waals surface area contributed by atoms with Crippen molar-refractivity contribution in [2.75, 3.05) is 0 Å². The maximum absolute atomic E-state index is 6.46. The van der Waals surface area contributed by atoms with Gasteiger partial charge in [0, 0.05) is 10.7 Å². The van der Waals surface area contributed by atoms with Crippen molar-refractivity contribution < 1.29 is 0 Å². The van der Waals surface area contributed by atoms with Crippen LogP contribution < -0.4 is 0 Å². The molecule has 4 heteroatoms. The van der Waals surface area contributed by atoms with Crippen molar-refractivity contribution in [1.29, 1.82) is 0 Å². The van der Waals surface area contributed by atoms with Gasteiger partial charge in [0.2, 0.25) is 5.78 Å². The van der Waals surface area contributed by atoms with Crippen LogP contribution in [-0.4, -0.2) is 14.0 Å². The predicted octanol–water partition coefficient (Wildman–Crippen LogP) is 8.75. The van der Waals surface area contributed by atoms with Gasteiger partial charge < -0.3 is 0 Å². The van der Waals surface area contributed by atoms with Crippen molar-refractivity contribution in [2.24, 2.45) is 0 Å². The number of halogens is 1. The summed E-state index contributed by atoms with van der Waals surface area (Å²) in [4.78, 5) is 5.00. The average Bonchev–Trinajstić information content (AvgIpc) is 3.43. The summed E-state index contributed by atoms with van der Waals surface area (Å²) in [6, 6.07) is 34.9. The van der Waals surface area contributed by atoms with Crippen molar-refractivity contribution in [2.45, 2.75) is 6.92 Å². The van der Waals surface area contributed by atoms with Gasteiger partial charge in [-0.2, -0.15) is 0 Å². The molecule has 174 valence electrons. The molecule has 2 aromatic heterocycles. The van der Waals surface area contributed by atoms with E-state index >= 15 is 0 Å². The second kappa shape index (κ2) is 9.03. The van der Waals surface area contributed by atoms with Gasteiger partial charge in [0.25, 0.3) is 0 Å². The molecule has 0 unspecified atom stereocenters. The highest BCUT2D eigenvalue weighted by molar-refractivity contribution is 6.31. The van der Waals surface area contributed by atoms with E-state index in [0.29, 0.717) is 5.02 Å². The smallest absolute Gasteiger partial charge is 0.220 e. The van der Waals surface area contributed by atoms with E-state index in [0.717, 1.165) is 55.8 Å². The molecule has 36 heavy (non-hydrogen) atoms. The van der Waals surface area contributed by atoms with Gasteiger partial charge in [0.1, 0.15) is 0 Å². The molecule has 0 radical (unpaired) electrons. The molecule has 0 aliphatic rings. The van der Waals surface area contributed by atoms with Gasteiger partial charge in [-0.3, -0.25) is 8.97 Å². The Morgan fingerprint density at radius 3 is 2.17 bits per heavy atom. The lowest BCUT2D eigenvalue weighted by Crippen LogP contribution is -1.96. The second-order valence-corrected chi connectivity index (χ2v) is 9.28. The Morgan fingerprint density at radius 2 is 1.42 bits per heavy atom. The topological polar surface area (TPSA) is 22.2 Å². The Bertz CT molecular complexity index is 1800. The molecule has 0 aliphatic heterocycles. The highest BCUT2D eigenvalue weighted by atomic mass is 35.5. The Labute approximate surface area is 214 Å². The van der Waals surface area contributed by atoms with Crippen molar-refractivity contribution in [3.63, 3.8) is 0 Å². The molecule has 6 rings (SSSR count). The lowest BCUT2D eigenvalue weighted by Gasteiger charge is -2.10. The summed E-state index contributed by atoms with van der Waals surface area (Å²) in [5.41, 5.74) is 9.38. The zero-order valence-electron chi connectivity index (χ0n) is 19.9. The van der Waals surface area contributed by atoms with Crippen molar-refractivity contribution in [3.05, 3.63) is 138 Å². The first-order valence-corrected chi connectivity index (χ1v) is 12.3. The minimum atomic E-state index is 0.692. The summed E-state index contributed by atoms with van der Waals surface area (Å²) < 4.78 is 4.39. The van der Waals surface area contributed by atoms with Crippen LogP contribution in [0.2, 0.25) is 5.02 Å². The quantitative estimate of drug-likeness (QED) is 0.224. The molecule has 0 aliphatic carbocycles. The standard InChI is InChI=1S/C32H24ClN3/c1-22(24-11-5-3-6-12-24)19-26(25-13-7-4-8-14-25)20-23(2)35-31-21-27(33)17-18-30(31)36-29-16-10-9-15-28(29)34-32(35)36/h3-21H,1H2,2H3/b23-20+,26-19+. The number of para-hydroxylation sites is 2. The number of aromatic nitrogens is 3. The molecule has 0 saturated heterocycles. The van der Waals surface area contributed by atoms with Gasteiger partial charge in [0.15, 0.2) is 0 Å². The van der Waals surface area contributed by atoms with Crippen LogP contribution in [0.3, 0.4) is 0 Å². The van der Waals surface area contributed by atoms with Crippen LogP contribution in [0.15, 0.2) is 122 Å². The zero-order valence-corrected chi connectivity index (χ0v) is 20.7. The molecule has 0 amide bonds. The number of imidazole rings is 2. The third-order valence-electron chi connectivity index (χ3n) is 6.46. The predicted molar refractivity (Wildman–Crippen MR) is 153 cm³/mol. The van der Waals surface area contributed by atoms with Crippen molar-refractivity contribution >= 4 is 56.3 Å². The summed E-state index contributed by atoms with van der Waals surface area (Å²) >= 11 is 6.46. The lowest BCUT2D eigenvalue weighted by molar-refractivity contribution is 1.13. The van der Waals surface area contributed by atoms with Gasteiger partial charge in [0.05, 0.1) is 22.1 Å². The Kier molecular flexibility index (Phi) is 5.55. The first kappa shape index (κ1) is 22.1. The zero-order chi connectivity index (χ0) is 24.6. The largest absolute Gasteiger partial charge is 0.282 e. The summed E-state index contributed by atoms with van der Waals surface area (Å²) in [5, 5.41) is 0.692. The van der Waals surface area contributed by atoms with E-state index in [-0.39, 0.29) is 0 Å². The normalized spacial score (nSPS) is 12.6. The van der Waals surface area contributed by atoms with Gasteiger partial charge in [-0.25, -0.2) is 4.98 Å². The first-order chi connectivity index (χ1) is 17.6. The van der Waals surface area contributed by atoms with E-state index in [9.17, 15) is 0 Å². The number of hydrogen-bond donors (Lipinski definition) is 0. The highest BCUT2D eigenvalue weighted by Gasteiger charge is 2.17. The van der Waals surface area contributed by atoms with E-state index in [1.54, 1.807) is 0 Å². The molecule has 0 saturated carbocycles. The molecule has 0 fully saturated rings. The third-order valence-corrected chi connectivity index (χ3v) is 6.70. The molecule has 0 bridgehead atoms. The van der Waals surface area contributed by atoms with Gasteiger partial charge in [-0.1, -0.05) is 91.0 Å². The lowest BCUT2D eigenvalue weighted by atomic mass is 9.99. The fraction of sp³-hybridized carbons (Fsp3) is 0.0312. The van der Waals surface area contributed by atoms with Crippen LogP contribution in [0, 0.1) is 0 Å². The van der Waals surface area contributed by atoms with Crippen LogP contribution >= 0.6 is 11.6 Å². The molecule has 2 heterocycles. The Hall–Kier alpha value is -4.34. The number of fused-ring (bicyclic) bond motifs is 5. The second-order valence-electron chi connectivity index (χ2n) is 8.85. The van der Waals surface area contributed by atoms with E-state index in [1.807, 2.05) is 54.6 Å². The first-order valence-electron chi connectivity index (χ1n) is 11.9. The molecule has 3 nitrogen and oxygen atoms in total. The number of nitrogens with zero attached hydrogens (tertiary/aromatic N) is 3. The van der Waals surface area contributed by atoms with E-state index in [4.69, 9.17) is 16.6 Å². The van der Waals surface area contributed by atoms with Gasteiger partial charge >= 0.3 is 0 Å². The molecule has 4 aromatic carbocycles. The highest BCUT2D eigenvalue weighted by Crippen LogP contribution is 2.32. The number of benzene rings is 4. The molecular weight excluding hydrogens is 462 g/mol. The number of hydrogen-bond acceptors (Lipinski definition) is 1. The van der Waals surface area contributed by atoms with Crippen molar-refractivity contribution in [3.8, 4) is 0 Å². The van der Waals surface area contributed by atoms with Crippen LogP contribution in [0.5, 0.6) is 0 Å². The monoisotopic (exact) mass is 485 g/mol. The van der Waals surface area contributed by atoms with Gasteiger partial charge in [-0.05, 0) is 71.7 Å². The molecule has 0 atom stereocenters. The van der Waals surface area contributed by atoms with E-state index in [2.05, 4.69) is 83.2 Å². The van der Waals surface area contributed by atoms with E-state index in [1.165, 1.54) is 0 Å². The SMILES string of the molecule is C=C(/C=C(\C=C(/C)n1c2cc(Cl)ccc2n2c3ccccc3nc12)c1ccccc1)c1ccccc1. The minimum absolute atomic E-state index is 0.692. The fourth-order valence-electron chi connectivity index (χ4n) is 4.77. The number of rotatable bonds is 5. The van der Waals surface area contributed by atoms with E-state index < -0.39 is 0 Å². The molecular formula is C32H24ClN3. The summed E-state index contributed by atoms with van der Waals surface area (Å²) in [6.45, 7) is 6.47. The number of allylic oxidation sites excluding steroid dienone is 5. The Balaban J connectivity index is 1.59. The van der Waals surface area contributed by atoms with Crippen LogP contribution in [0.4, 0.5) is 0 Å². The van der Waals surface area contributed by atoms with Crippen LogP contribution in [0.1, 0.15) is 18.1 Å². The summed E-state index contributed by atoms with van der Waals surface area (Å²) in [6.07, 6.45) is 4.34. The molecule has 0 N–H and O–H groups in total. The fourth-order valence-corrected chi connectivity index (χ4v) is 4.94. The Morgan fingerprint density at radius 1 is 0.750 bits per heavy atom. The van der Waals surface area contributed by atoms with Crippen LogP contribution in [0.25, 0.3) is 44.7 Å². The van der Waals surface area contributed by atoms with Crippen LogP contribution in [-0.2, 0) is 0 Å². The maximum atomic E-state index is 6.46.